The summed E-state index contributed by atoms with van der Waals surface area (Å²) < 4.78 is 11.0. The number of ether oxygens (including phenoxy) is 2. The number of amidine groups is 1. The molecule has 3 aliphatic heterocycles. The van der Waals surface area contributed by atoms with E-state index >= 15 is 0 Å². The Balaban J connectivity index is 1.59. The first kappa shape index (κ1) is 27.1. The van der Waals surface area contributed by atoms with Crippen LogP contribution in [0.25, 0.3) is 0 Å². The average Bonchev–Trinajstić information content (AvgIpc) is 3.49. The van der Waals surface area contributed by atoms with Gasteiger partial charge in [-0.1, -0.05) is 19.9 Å². The molecule has 1 aromatic carbocycles. The topological polar surface area (TPSA) is 113 Å². The van der Waals surface area contributed by atoms with Crippen molar-refractivity contribution in [3.8, 4) is 11.5 Å². The normalized spacial score (nSPS) is 24.8. The number of amides is 1. The second-order valence-corrected chi connectivity index (χ2v) is 9.89. The summed E-state index contributed by atoms with van der Waals surface area (Å²) in [5.74, 6) is -0.0288. The highest BCUT2D eigenvalue weighted by molar-refractivity contribution is 5.91. The number of carboxylic acid groups (broad SMARTS) is 1. The standard InChI is InChI=1S/C27H38N4O6/c1-4-12-31(37-13-5-2)25(32)16-30-15-20(19-6-8-22-23(14-19)36-17-35-22)26(27(33)34)21(30)7-9-24-28-11-10-18(3)29-24/h6,8,11,14,18,20-21,26H,4-5,7,9-10,12-13,15-17H2,1-3H3,(H,33,34)/t18?,20-,21+,26-/m1/s1. The Bertz CT molecular complexity index is 1030. The molecule has 37 heavy (non-hydrogen) atoms. The molecule has 1 fully saturated rings. The monoisotopic (exact) mass is 514 g/mol. The Hall–Kier alpha value is -2.98. The third kappa shape index (κ3) is 6.48. The number of hydrogen-bond donors (Lipinski definition) is 1. The fourth-order valence-corrected chi connectivity index (χ4v) is 5.31. The van der Waals surface area contributed by atoms with Crippen molar-refractivity contribution in [2.75, 3.05) is 33.0 Å². The van der Waals surface area contributed by atoms with Gasteiger partial charge in [0.25, 0.3) is 5.91 Å². The molecule has 0 spiro atoms. The SMILES string of the molecule is CCCON(CCC)C(=O)CN1C[C@H](c2ccc3c(c2)OCO3)[C@@H](C(=O)O)[C@@H]1CCC1=NC(C)CC=N1. The predicted molar refractivity (Wildman–Crippen MR) is 139 cm³/mol. The summed E-state index contributed by atoms with van der Waals surface area (Å²) in [5, 5.41) is 11.8. The summed E-state index contributed by atoms with van der Waals surface area (Å²) in [6, 6.07) is 5.41. The van der Waals surface area contributed by atoms with E-state index in [9.17, 15) is 14.7 Å². The Morgan fingerprint density at radius 1 is 1.22 bits per heavy atom. The zero-order valence-corrected chi connectivity index (χ0v) is 22.0. The van der Waals surface area contributed by atoms with Gasteiger partial charge in [0.2, 0.25) is 6.79 Å². The quantitative estimate of drug-likeness (QED) is 0.425. The highest BCUT2D eigenvalue weighted by Crippen LogP contribution is 2.43. The van der Waals surface area contributed by atoms with Crippen molar-refractivity contribution in [2.24, 2.45) is 15.9 Å². The van der Waals surface area contributed by atoms with Gasteiger partial charge in [-0.2, -0.15) is 0 Å². The molecule has 1 unspecified atom stereocenters. The van der Waals surface area contributed by atoms with E-state index < -0.39 is 11.9 Å². The zero-order valence-electron chi connectivity index (χ0n) is 22.0. The molecule has 0 aliphatic carbocycles. The Morgan fingerprint density at radius 2 is 2.03 bits per heavy atom. The first-order valence-electron chi connectivity index (χ1n) is 13.3. The maximum absolute atomic E-state index is 13.3. The van der Waals surface area contributed by atoms with Gasteiger partial charge in [-0.15, -0.1) is 0 Å². The molecule has 10 heteroatoms. The molecule has 0 radical (unpaired) electrons. The summed E-state index contributed by atoms with van der Waals surface area (Å²) in [6.45, 7) is 7.67. The third-order valence-corrected chi connectivity index (χ3v) is 7.07. The first-order chi connectivity index (χ1) is 17.9. The molecule has 3 heterocycles. The smallest absolute Gasteiger partial charge is 0.308 e. The van der Waals surface area contributed by atoms with Gasteiger partial charge in [0, 0.05) is 44.1 Å². The van der Waals surface area contributed by atoms with Crippen LogP contribution in [0.15, 0.2) is 28.2 Å². The molecule has 1 aromatic rings. The summed E-state index contributed by atoms with van der Waals surface area (Å²) in [6.07, 6.45) is 5.35. The molecule has 1 N–H and O–H groups in total. The van der Waals surface area contributed by atoms with Crippen molar-refractivity contribution >= 4 is 23.9 Å². The van der Waals surface area contributed by atoms with Crippen molar-refractivity contribution < 1.29 is 29.0 Å². The van der Waals surface area contributed by atoms with Gasteiger partial charge in [0.15, 0.2) is 11.5 Å². The van der Waals surface area contributed by atoms with E-state index in [2.05, 4.69) is 9.98 Å². The van der Waals surface area contributed by atoms with Gasteiger partial charge < -0.3 is 14.6 Å². The molecule has 1 saturated heterocycles. The lowest BCUT2D eigenvalue weighted by molar-refractivity contribution is -0.188. The minimum atomic E-state index is -0.877. The number of aliphatic imine (C=N–C) groups is 2. The summed E-state index contributed by atoms with van der Waals surface area (Å²) in [4.78, 5) is 42.8. The van der Waals surface area contributed by atoms with Gasteiger partial charge in [-0.3, -0.25) is 24.3 Å². The molecule has 1 amide bonds. The molecule has 0 aromatic heterocycles. The molecule has 4 rings (SSSR count). The van der Waals surface area contributed by atoms with E-state index in [0.717, 1.165) is 30.7 Å². The highest BCUT2D eigenvalue weighted by atomic mass is 16.7. The number of carbonyl (C=O) groups excluding carboxylic acids is 1. The Kier molecular flexibility index (Phi) is 9.15. The maximum Gasteiger partial charge on any atom is 0.308 e. The number of carboxylic acids is 1. The maximum atomic E-state index is 13.3. The van der Waals surface area contributed by atoms with Crippen LogP contribution in [-0.4, -0.2) is 84.1 Å². The predicted octanol–water partition coefficient (Wildman–Crippen LogP) is 3.51. The van der Waals surface area contributed by atoms with Crippen molar-refractivity contribution in [1.82, 2.24) is 9.96 Å². The van der Waals surface area contributed by atoms with Crippen LogP contribution < -0.4 is 9.47 Å². The summed E-state index contributed by atoms with van der Waals surface area (Å²) >= 11 is 0. The molecular formula is C27H38N4O6. The number of likely N-dealkylation sites (tertiary alicyclic amines) is 1. The molecular weight excluding hydrogens is 476 g/mol. The lowest BCUT2D eigenvalue weighted by Crippen LogP contribution is -2.44. The number of hydroxylamine groups is 2. The fraction of sp³-hybridized carbons (Fsp3) is 0.630. The van der Waals surface area contributed by atoms with Crippen LogP contribution in [0.2, 0.25) is 0 Å². The Labute approximate surface area is 218 Å². The van der Waals surface area contributed by atoms with Crippen LogP contribution in [0.3, 0.4) is 0 Å². The zero-order chi connectivity index (χ0) is 26.4. The average molecular weight is 515 g/mol. The Morgan fingerprint density at radius 3 is 2.76 bits per heavy atom. The number of hydrogen-bond acceptors (Lipinski definition) is 8. The lowest BCUT2D eigenvalue weighted by atomic mass is 9.83. The highest BCUT2D eigenvalue weighted by Gasteiger charge is 2.47. The second-order valence-electron chi connectivity index (χ2n) is 9.89. The molecule has 3 aliphatic rings. The first-order valence-corrected chi connectivity index (χ1v) is 13.3. The minimum Gasteiger partial charge on any atom is -0.481 e. The number of aliphatic carboxylic acids is 1. The van der Waals surface area contributed by atoms with Crippen LogP contribution >= 0.6 is 0 Å². The number of benzene rings is 1. The van der Waals surface area contributed by atoms with E-state index in [0.29, 0.717) is 44.0 Å². The van der Waals surface area contributed by atoms with Crippen molar-refractivity contribution in [3.05, 3.63) is 23.8 Å². The van der Waals surface area contributed by atoms with Crippen molar-refractivity contribution in [1.29, 1.82) is 0 Å². The lowest BCUT2D eigenvalue weighted by Gasteiger charge is -2.29. The molecule has 4 atom stereocenters. The van der Waals surface area contributed by atoms with E-state index in [1.165, 1.54) is 5.06 Å². The third-order valence-electron chi connectivity index (χ3n) is 7.07. The molecule has 10 nitrogen and oxygen atoms in total. The van der Waals surface area contributed by atoms with Crippen LogP contribution in [-0.2, 0) is 14.4 Å². The van der Waals surface area contributed by atoms with Gasteiger partial charge in [0.1, 0.15) is 5.84 Å². The minimum absolute atomic E-state index is 0.0887. The molecule has 202 valence electrons. The van der Waals surface area contributed by atoms with Gasteiger partial charge in [-0.05, 0) is 43.9 Å². The van der Waals surface area contributed by atoms with E-state index in [1.54, 1.807) is 0 Å². The van der Waals surface area contributed by atoms with Gasteiger partial charge in [-0.25, -0.2) is 10.1 Å². The number of fused-ring (bicyclic) bond motifs is 1. The van der Waals surface area contributed by atoms with E-state index in [1.807, 2.05) is 50.1 Å². The van der Waals surface area contributed by atoms with Crippen LogP contribution in [0.4, 0.5) is 0 Å². The molecule has 0 bridgehead atoms. The summed E-state index contributed by atoms with van der Waals surface area (Å²) in [5.41, 5.74) is 0.867. The van der Waals surface area contributed by atoms with Crippen molar-refractivity contribution in [2.45, 2.75) is 70.9 Å². The van der Waals surface area contributed by atoms with E-state index in [-0.39, 0.29) is 37.2 Å². The number of rotatable bonds is 12. The van der Waals surface area contributed by atoms with Gasteiger partial charge >= 0.3 is 5.97 Å². The van der Waals surface area contributed by atoms with Crippen LogP contribution in [0, 0.1) is 5.92 Å². The van der Waals surface area contributed by atoms with Crippen molar-refractivity contribution in [3.63, 3.8) is 0 Å². The van der Waals surface area contributed by atoms with Crippen LogP contribution in [0.1, 0.15) is 64.4 Å². The van der Waals surface area contributed by atoms with Crippen LogP contribution in [0.5, 0.6) is 11.5 Å². The molecule has 0 saturated carbocycles. The largest absolute Gasteiger partial charge is 0.481 e. The van der Waals surface area contributed by atoms with Gasteiger partial charge in [0.05, 0.1) is 25.1 Å². The number of carbonyl (C=O) groups is 2. The van der Waals surface area contributed by atoms with E-state index in [4.69, 9.17) is 14.3 Å². The summed E-state index contributed by atoms with van der Waals surface area (Å²) in [7, 11) is 0. The fourth-order valence-electron chi connectivity index (χ4n) is 5.31. The number of nitrogens with zero attached hydrogens (tertiary/aromatic N) is 4. The second kappa shape index (κ2) is 12.5.